The first-order chi connectivity index (χ1) is 5.36. The molecule has 1 aliphatic heterocycles. The number of rotatable bonds is 1. The smallest absolute Gasteiger partial charge is 0.0570 e. The van der Waals surface area contributed by atoms with Gasteiger partial charge in [-0.15, -0.1) is 0 Å². The molecule has 3 heteroatoms. The predicted octanol–water partition coefficient (Wildman–Crippen LogP) is 0.559. The second kappa shape index (κ2) is 3.33. The molecule has 1 heterocycles. The summed E-state index contributed by atoms with van der Waals surface area (Å²) in [5.41, 5.74) is 0. The van der Waals surface area contributed by atoms with Crippen molar-refractivity contribution >= 4 is 11.8 Å². The molecule has 0 amide bonds. The minimum Gasteiger partial charge on any atom is -0.393 e. The van der Waals surface area contributed by atoms with Gasteiger partial charge in [-0.25, -0.2) is 0 Å². The summed E-state index contributed by atoms with van der Waals surface area (Å²) in [5, 5.41) is 9.12. The topological polar surface area (TPSA) is 23.5 Å². The summed E-state index contributed by atoms with van der Waals surface area (Å²) in [4.78, 5) is 2.53. The molecule has 0 spiro atoms. The van der Waals surface area contributed by atoms with Gasteiger partial charge in [-0.2, -0.15) is 11.8 Å². The van der Waals surface area contributed by atoms with Gasteiger partial charge in [0.1, 0.15) is 0 Å². The molecular weight excluding hydrogens is 158 g/mol. The molecule has 2 nitrogen and oxygen atoms in total. The lowest BCUT2D eigenvalue weighted by molar-refractivity contribution is 0.00574. The van der Waals surface area contributed by atoms with Crippen LogP contribution in [-0.4, -0.2) is 46.7 Å². The first-order valence-corrected chi connectivity index (χ1v) is 5.51. The van der Waals surface area contributed by atoms with Crippen LogP contribution in [0.3, 0.4) is 0 Å². The van der Waals surface area contributed by atoms with Crippen molar-refractivity contribution in [2.24, 2.45) is 0 Å². The van der Waals surface area contributed by atoms with Gasteiger partial charge in [-0.1, -0.05) is 0 Å². The van der Waals surface area contributed by atoms with Crippen molar-refractivity contribution in [1.29, 1.82) is 0 Å². The van der Waals surface area contributed by atoms with E-state index in [1.807, 2.05) is 11.8 Å². The largest absolute Gasteiger partial charge is 0.393 e. The molecule has 1 saturated heterocycles. The molecule has 0 aromatic heterocycles. The molecular formula is C8H15NOS. The Morgan fingerprint density at radius 2 is 1.82 bits per heavy atom. The number of thioether (sulfide) groups is 1. The van der Waals surface area contributed by atoms with Gasteiger partial charge < -0.3 is 5.11 Å². The first kappa shape index (κ1) is 7.90. The van der Waals surface area contributed by atoms with Crippen LogP contribution < -0.4 is 0 Å². The van der Waals surface area contributed by atoms with E-state index in [0.717, 1.165) is 12.8 Å². The third kappa shape index (κ3) is 1.71. The zero-order chi connectivity index (χ0) is 7.68. The Morgan fingerprint density at radius 1 is 1.18 bits per heavy atom. The van der Waals surface area contributed by atoms with E-state index in [1.54, 1.807) is 0 Å². The minimum atomic E-state index is 0.00887. The average Bonchev–Trinajstić information content (AvgIpc) is 2.01. The lowest BCUT2D eigenvalue weighted by Crippen LogP contribution is -2.50. The number of hydrogen-bond acceptors (Lipinski definition) is 3. The van der Waals surface area contributed by atoms with E-state index in [1.165, 1.54) is 24.6 Å². The van der Waals surface area contributed by atoms with E-state index >= 15 is 0 Å². The highest BCUT2D eigenvalue weighted by Gasteiger charge is 2.32. The van der Waals surface area contributed by atoms with Crippen molar-refractivity contribution in [2.45, 2.75) is 25.0 Å². The maximum Gasteiger partial charge on any atom is 0.0570 e. The highest BCUT2D eigenvalue weighted by Crippen LogP contribution is 2.27. The van der Waals surface area contributed by atoms with E-state index < -0.39 is 0 Å². The summed E-state index contributed by atoms with van der Waals surface area (Å²) in [6.45, 7) is 2.48. The molecule has 11 heavy (non-hydrogen) atoms. The second-order valence-corrected chi connectivity index (χ2v) is 4.65. The Morgan fingerprint density at radius 3 is 2.36 bits per heavy atom. The molecule has 64 valence electrons. The number of aliphatic hydroxyl groups excluding tert-OH is 1. The van der Waals surface area contributed by atoms with Crippen LogP contribution in [0, 0.1) is 0 Å². The van der Waals surface area contributed by atoms with Crippen molar-refractivity contribution in [1.82, 2.24) is 4.90 Å². The molecule has 0 aromatic carbocycles. The standard InChI is InChI=1S/C8H15NOS/c10-8-5-7(6-8)9-1-3-11-4-2-9/h7-8,10H,1-6H2/t7-,8+. The normalized spacial score (nSPS) is 40.1. The zero-order valence-corrected chi connectivity index (χ0v) is 7.52. The lowest BCUT2D eigenvalue weighted by Gasteiger charge is -2.42. The quantitative estimate of drug-likeness (QED) is 0.627. The van der Waals surface area contributed by atoms with Crippen LogP contribution >= 0.6 is 11.8 Å². The van der Waals surface area contributed by atoms with Crippen LogP contribution in [0.25, 0.3) is 0 Å². The molecule has 1 saturated carbocycles. The Bertz CT molecular complexity index is 130. The summed E-state index contributed by atoms with van der Waals surface area (Å²) >= 11 is 2.05. The van der Waals surface area contributed by atoms with Crippen molar-refractivity contribution in [3.05, 3.63) is 0 Å². The first-order valence-electron chi connectivity index (χ1n) is 4.36. The highest BCUT2D eigenvalue weighted by atomic mass is 32.2. The SMILES string of the molecule is O[C@H]1C[C@@H](N2CCSCC2)C1. The number of nitrogens with zero attached hydrogens (tertiary/aromatic N) is 1. The second-order valence-electron chi connectivity index (χ2n) is 3.43. The van der Waals surface area contributed by atoms with Crippen molar-refractivity contribution < 1.29 is 5.11 Å². The van der Waals surface area contributed by atoms with Gasteiger partial charge in [0.2, 0.25) is 0 Å². The van der Waals surface area contributed by atoms with Gasteiger partial charge in [0.05, 0.1) is 6.10 Å². The fourth-order valence-electron chi connectivity index (χ4n) is 1.80. The van der Waals surface area contributed by atoms with Crippen LogP contribution in [0.2, 0.25) is 0 Å². The molecule has 0 bridgehead atoms. The number of hydrogen-bond donors (Lipinski definition) is 1. The summed E-state index contributed by atoms with van der Waals surface area (Å²) in [6, 6.07) is 0.714. The van der Waals surface area contributed by atoms with Crippen molar-refractivity contribution in [3.8, 4) is 0 Å². The molecule has 2 aliphatic rings. The van der Waals surface area contributed by atoms with Crippen LogP contribution in [0.5, 0.6) is 0 Å². The molecule has 0 unspecified atom stereocenters. The van der Waals surface area contributed by atoms with E-state index in [9.17, 15) is 0 Å². The molecule has 1 aliphatic carbocycles. The molecule has 2 fully saturated rings. The summed E-state index contributed by atoms with van der Waals surface area (Å²) in [5.74, 6) is 2.57. The Balaban J connectivity index is 1.76. The minimum absolute atomic E-state index is 0.00887. The fraction of sp³-hybridized carbons (Fsp3) is 1.00. The van der Waals surface area contributed by atoms with Gasteiger partial charge in [0, 0.05) is 30.6 Å². The third-order valence-electron chi connectivity index (χ3n) is 2.65. The van der Waals surface area contributed by atoms with Crippen LogP contribution in [-0.2, 0) is 0 Å². The molecule has 1 N–H and O–H groups in total. The van der Waals surface area contributed by atoms with Gasteiger partial charge in [0.15, 0.2) is 0 Å². The van der Waals surface area contributed by atoms with E-state index in [4.69, 9.17) is 5.11 Å². The van der Waals surface area contributed by atoms with Gasteiger partial charge in [-0.3, -0.25) is 4.90 Å². The molecule has 2 rings (SSSR count). The number of aliphatic hydroxyl groups is 1. The van der Waals surface area contributed by atoms with Crippen LogP contribution in [0.4, 0.5) is 0 Å². The molecule has 0 atom stereocenters. The van der Waals surface area contributed by atoms with E-state index in [2.05, 4.69) is 4.90 Å². The molecule has 0 aromatic rings. The van der Waals surface area contributed by atoms with Crippen molar-refractivity contribution in [2.75, 3.05) is 24.6 Å². The lowest BCUT2D eigenvalue weighted by atomic mass is 9.88. The van der Waals surface area contributed by atoms with Crippen LogP contribution in [0.1, 0.15) is 12.8 Å². The summed E-state index contributed by atoms with van der Waals surface area (Å²) < 4.78 is 0. The monoisotopic (exact) mass is 173 g/mol. The highest BCUT2D eigenvalue weighted by molar-refractivity contribution is 7.99. The maximum absolute atomic E-state index is 9.12. The van der Waals surface area contributed by atoms with Crippen LogP contribution in [0.15, 0.2) is 0 Å². The molecule has 0 radical (unpaired) electrons. The Labute approximate surface area is 72.0 Å². The fourth-order valence-corrected chi connectivity index (χ4v) is 2.73. The van der Waals surface area contributed by atoms with Crippen molar-refractivity contribution in [3.63, 3.8) is 0 Å². The average molecular weight is 173 g/mol. The van der Waals surface area contributed by atoms with Gasteiger partial charge in [-0.05, 0) is 12.8 Å². The Hall–Kier alpha value is 0.270. The summed E-state index contributed by atoms with van der Waals surface area (Å²) in [7, 11) is 0. The maximum atomic E-state index is 9.12. The van der Waals surface area contributed by atoms with E-state index in [0.29, 0.717) is 6.04 Å². The predicted molar refractivity (Wildman–Crippen MR) is 47.9 cm³/mol. The summed E-state index contributed by atoms with van der Waals surface area (Å²) in [6.07, 6.45) is 2.05. The van der Waals surface area contributed by atoms with Gasteiger partial charge >= 0.3 is 0 Å². The van der Waals surface area contributed by atoms with Gasteiger partial charge in [0.25, 0.3) is 0 Å². The van der Waals surface area contributed by atoms with E-state index in [-0.39, 0.29) is 6.10 Å². The third-order valence-corrected chi connectivity index (χ3v) is 3.59. The zero-order valence-electron chi connectivity index (χ0n) is 6.70. The Kier molecular flexibility index (Phi) is 2.39.